The lowest BCUT2D eigenvalue weighted by Gasteiger charge is -2.27. The number of rotatable bonds is 3. The molecule has 1 saturated heterocycles. The maximum atomic E-state index is 12.3. The fourth-order valence-electron chi connectivity index (χ4n) is 2.15. The highest BCUT2D eigenvalue weighted by molar-refractivity contribution is 5.78. The number of nitrogens with one attached hydrogen (secondary N) is 1. The van der Waals surface area contributed by atoms with Crippen molar-refractivity contribution >= 4 is 10.9 Å². The monoisotopic (exact) mass is 245 g/mol. The quantitative estimate of drug-likeness (QED) is 0.861. The lowest BCUT2D eigenvalue weighted by Crippen LogP contribution is -2.45. The Morgan fingerprint density at radius 1 is 1.50 bits per heavy atom. The van der Waals surface area contributed by atoms with Gasteiger partial charge in [0.2, 0.25) is 0 Å². The van der Waals surface area contributed by atoms with Gasteiger partial charge in [-0.15, -0.1) is 0 Å². The molecule has 94 valence electrons. The molecule has 0 radical (unpaired) electrons. The summed E-state index contributed by atoms with van der Waals surface area (Å²) in [4.78, 5) is 16.6. The smallest absolute Gasteiger partial charge is 0.261 e. The van der Waals surface area contributed by atoms with E-state index >= 15 is 0 Å². The second-order valence-electron chi connectivity index (χ2n) is 4.61. The van der Waals surface area contributed by atoms with Crippen molar-refractivity contribution in [2.24, 2.45) is 5.92 Å². The minimum absolute atomic E-state index is 0.0227. The second-order valence-corrected chi connectivity index (χ2v) is 4.61. The Labute approximate surface area is 104 Å². The Morgan fingerprint density at radius 2 is 2.33 bits per heavy atom. The molecule has 1 aliphatic rings. The average Bonchev–Trinajstić information content (AvgIpc) is 2.35. The summed E-state index contributed by atoms with van der Waals surface area (Å²) < 4.78 is 6.82. The van der Waals surface area contributed by atoms with Crippen LogP contribution in [0.3, 0.4) is 0 Å². The van der Waals surface area contributed by atoms with Crippen molar-refractivity contribution < 1.29 is 4.74 Å². The van der Waals surface area contributed by atoms with Crippen LogP contribution in [0.15, 0.2) is 29.3 Å². The molecule has 1 aliphatic heterocycles. The molecule has 2 heterocycles. The third-order valence-corrected chi connectivity index (χ3v) is 3.35. The number of nitrogens with zero attached hydrogens (tertiary/aromatic N) is 2. The minimum Gasteiger partial charge on any atom is -0.497 e. The normalized spacial score (nSPS) is 15.6. The van der Waals surface area contributed by atoms with E-state index < -0.39 is 0 Å². The van der Waals surface area contributed by atoms with E-state index in [2.05, 4.69) is 10.3 Å². The molecule has 2 aromatic rings. The zero-order valence-corrected chi connectivity index (χ0v) is 10.2. The fraction of sp³-hybridized carbons (Fsp3) is 0.385. The predicted molar refractivity (Wildman–Crippen MR) is 68.9 cm³/mol. The van der Waals surface area contributed by atoms with E-state index in [1.165, 1.54) is 0 Å². The maximum Gasteiger partial charge on any atom is 0.261 e. The summed E-state index contributed by atoms with van der Waals surface area (Å²) in [6, 6.07) is 5.35. The van der Waals surface area contributed by atoms with Gasteiger partial charge in [0.1, 0.15) is 5.75 Å². The third-order valence-electron chi connectivity index (χ3n) is 3.35. The van der Waals surface area contributed by atoms with Crippen LogP contribution in [0, 0.1) is 5.92 Å². The molecule has 5 nitrogen and oxygen atoms in total. The van der Waals surface area contributed by atoms with Crippen LogP contribution < -0.4 is 15.6 Å². The molecule has 5 heteroatoms. The zero-order valence-electron chi connectivity index (χ0n) is 10.2. The lowest BCUT2D eigenvalue weighted by molar-refractivity contribution is 0.303. The zero-order chi connectivity index (χ0) is 12.5. The Balaban J connectivity index is 2.02. The fourth-order valence-corrected chi connectivity index (χ4v) is 2.15. The van der Waals surface area contributed by atoms with Gasteiger partial charge in [-0.2, -0.15) is 0 Å². The van der Waals surface area contributed by atoms with E-state index in [1.54, 1.807) is 36.2 Å². The van der Waals surface area contributed by atoms with E-state index in [0.29, 0.717) is 16.8 Å². The van der Waals surface area contributed by atoms with Gasteiger partial charge < -0.3 is 10.1 Å². The highest BCUT2D eigenvalue weighted by Crippen LogP contribution is 2.16. The predicted octanol–water partition coefficient (Wildman–Crippen LogP) is 0.624. The summed E-state index contributed by atoms with van der Waals surface area (Å²) in [6.07, 6.45) is 1.63. The van der Waals surface area contributed by atoms with Gasteiger partial charge in [-0.1, -0.05) is 0 Å². The summed E-state index contributed by atoms with van der Waals surface area (Å²) in [5.74, 6) is 1.26. The van der Waals surface area contributed by atoms with Crippen LogP contribution in [0.5, 0.6) is 5.75 Å². The van der Waals surface area contributed by atoms with Crippen molar-refractivity contribution in [3.05, 3.63) is 34.9 Å². The Bertz CT molecular complexity index is 632. The van der Waals surface area contributed by atoms with E-state index in [1.807, 2.05) is 0 Å². The Kier molecular flexibility index (Phi) is 2.76. The molecule has 1 fully saturated rings. The number of hydrogen-bond donors (Lipinski definition) is 1. The minimum atomic E-state index is 0.0227. The van der Waals surface area contributed by atoms with Crippen LogP contribution in [0.1, 0.15) is 0 Å². The number of ether oxygens (including phenoxy) is 1. The van der Waals surface area contributed by atoms with Crippen LogP contribution in [0.4, 0.5) is 0 Å². The maximum absolute atomic E-state index is 12.3. The van der Waals surface area contributed by atoms with Gasteiger partial charge in [-0.05, 0) is 12.1 Å². The molecule has 0 bridgehead atoms. The highest BCUT2D eigenvalue weighted by Gasteiger charge is 2.18. The molecule has 1 aromatic carbocycles. The van der Waals surface area contributed by atoms with Crippen molar-refractivity contribution in [3.8, 4) is 5.75 Å². The van der Waals surface area contributed by atoms with Crippen molar-refractivity contribution in [1.82, 2.24) is 14.9 Å². The first-order chi connectivity index (χ1) is 8.78. The lowest BCUT2D eigenvalue weighted by atomic mass is 10.0. The van der Waals surface area contributed by atoms with E-state index in [-0.39, 0.29) is 5.56 Å². The van der Waals surface area contributed by atoms with Crippen LogP contribution in [-0.2, 0) is 6.54 Å². The molecule has 0 atom stereocenters. The molecule has 1 N–H and O–H groups in total. The summed E-state index contributed by atoms with van der Waals surface area (Å²) in [5.41, 5.74) is 0.705. The summed E-state index contributed by atoms with van der Waals surface area (Å²) >= 11 is 0. The Morgan fingerprint density at radius 3 is 3.00 bits per heavy atom. The summed E-state index contributed by atoms with van der Waals surface area (Å²) in [7, 11) is 1.60. The highest BCUT2D eigenvalue weighted by atomic mass is 16.5. The van der Waals surface area contributed by atoms with E-state index in [0.717, 1.165) is 25.4 Å². The first-order valence-electron chi connectivity index (χ1n) is 6.02. The summed E-state index contributed by atoms with van der Waals surface area (Å²) in [6.45, 7) is 2.70. The number of aromatic nitrogens is 2. The second kappa shape index (κ2) is 4.42. The van der Waals surface area contributed by atoms with Crippen LogP contribution in [-0.4, -0.2) is 29.8 Å². The topological polar surface area (TPSA) is 56.1 Å². The summed E-state index contributed by atoms with van der Waals surface area (Å²) in [5, 5.41) is 3.84. The first-order valence-corrected chi connectivity index (χ1v) is 6.02. The molecule has 0 unspecified atom stereocenters. The number of benzene rings is 1. The number of methoxy groups -OCH3 is 1. The number of fused-ring (bicyclic) bond motifs is 1. The molecule has 0 aliphatic carbocycles. The molecule has 0 amide bonds. The van der Waals surface area contributed by atoms with Crippen molar-refractivity contribution in [2.75, 3.05) is 20.2 Å². The molecule has 1 aromatic heterocycles. The van der Waals surface area contributed by atoms with Gasteiger partial charge in [0.25, 0.3) is 5.56 Å². The third kappa shape index (κ3) is 1.86. The van der Waals surface area contributed by atoms with Crippen molar-refractivity contribution in [2.45, 2.75) is 6.54 Å². The Hall–Kier alpha value is -1.88. The standard InChI is InChI=1S/C13H15N3O2/c1-18-10-2-3-11-12(4-10)15-8-16(13(11)17)7-9-5-14-6-9/h2-4,8-9,14H,5-7H2,1H3. The molecular formula is C13H15N3O2. The first kappa shape index (κ1) is 11.2. The molecule has 0 spiro atoms. The SMILES string of the molecule is COc1ccc2c(=O)n(CC3CNC3)cnc2c1. The molecule has 18 heavy (non-hydrogen) atoms. The van der Waals surface area contributed by atoms with E-state index in [9.17, 15) is 4.79 Å². The average molecular weight is 245 g/mol. The van der Waals surface area contributed by atoms with Gasteiger partial charge >= 0.3 is 0 Å². The van der Waals surface area contributed by atoms with Gasteiger partial charge in [0.15, 0.2) is 0 Å². The molecule has 0 saturated carbocycles. The van der Waals surface area contributed by atoms with Crippen LogP contribution in [0.25, 0.3) is 10.9 Å². The van der Waals surface area contributed by atoms with Gasteiger partial charge in [0, 0.05) is 31.6 Å². The van der Waals surface area contributed by atoms with Gasteiger partial charge in [0.05, 0.1) is 24.3 Å². The van der Waals surface area contributed by atoms with Crippen LogP contribution >= 0.6 is 0 Å². The van der Waals surface area contributed by atoms with Crippen molar-refractivity contribution in [1.29, 1.82) is 0 Å². The number of hydrogen-bond acceptors (Lipinski definition) is 4. The molecule has 3 rings (SSSR count). The molecular weight excluding hydrogens is 230 g/mol. The van der Waals surface area contributed by atoms with Crippen molar-refractivity contribution in [3.63, 3.8) is 0 Å². The van der Waals surface area contributed by atoms with Gasteiger partial charge in [-0.25, -0.2) is 4.98 Å². The van der Waals surface area contributed by atoms with E-state index in [4.69, 9.17) is 4.74 Å². The largest absolute Gasteiger partial charge is 0.497 e. The van der Waals surface area contributed by atoms with Gasteiger partial charge in [-0.3, -0.25) is 9.36 Å². The van der Waals surface area contributed by atoms with Crippen LogP contribution in [0.2, 0.25) is 0 Å².